The number of ketones is 1. The summed E-state index contributed by atoms with van der Waals surface area (Å²) in [5.74, 6) is 0.525. The Kier molecular flexibility index (Phi) is 3.84. The van der Waals surface area contributed by atoms with Crippen LogP contribution in [0.3, 0.4) is 0 Å². The Labute approximate surface area is 103 Å². The standard InChI is InChI=1S/C13H20ClNO/c1-9-8-11(12(16)6-7-14)10(2)15(9)13(3,4)5/h8H,6-7H2,1-5H3. The van der Waals surface area contributed by atoms with Gasteiger partial charge in [0.15, 0.2) is 5.78 Å². The summed E-state index contributed by atoms with van der Waals surface area (Å²) in [5, 5.41) is 0. The number of hydrogen-bond donors (Lipinski definition) is 0. The van der Waals surface area contributed by atoms with Gasteiger partial charge < -0.3 is 4.57 Å². The quantitative estimate of drug-likeness (QED) is 0.585. The van der Waals surface area contributed by atoms with E-state index in [9.17, 15) is 4.79 Å². The van der Waals surface area contributed by atoms with Crippen LogP contribution in [-0.4, -0.2) is 16.2 Å². The van der Waals surface area contributed by atoms with E-state index >= 15 is 0 Å². The molecule has 0 fully saturated rings. The van der Waals surface area contributed by atoms with Gasteiger partial charge in [-0.15, -0.1) is 11.6 Å². The number of hydrogen-bond acceptors (Lipinski definition) is 1. The molecule has 0 saturated heterocycles. The van der Waals surface area contributed by atoms with Crippen LogP contribution in [-0.2, 0) is 5.54 Å². The van der Waals surface area contributed by atoms with Gasteiger partial charge in [-0.05, 0) is 40.7 Å². The number of nitrogens with zero attached hydrogens (tertiary/aromatic N) is 1. The van der Waals surface area contributed by atoms with Crippen molar-refractivity contribution in [3.63, 3.8) is 0 Å². The summed E-state index contributed by atoms with van der Waals surface area (Å²) in [7, 11) is 0. The number of Topliss-reactive ketones (excluding diaryl/α,β-unsaturated/α-hetero) is 1. The van der Waals surface area contributed by atoms with E-state index in [0.29, 0.717) is 12.3 Å². The minimum absolute atomic E-state index is 0.00760. The predicted octanol–water partition coefficient (Wildman–Crippen LogP) is 3.67. The van der Waals surface area contributed by atoms with Gasteiger partial charge in [0.2, 0.25) is 0 Å². The molecule has 0 aromatic carbocycles. The van der Waals surface area contributed by atoms with E-state index in [1.165, 1.54) is 0 Å². The second-order valence-corrected chi connectivity index (χ2v) is 5.53. The van der Waals surface area contributed by atoms with Gasteiger partial charge in [0.1, 0.15) is 0 Å². The van der Waals surface area contributed by atoms with Crippen molar-refractivity contribution in [3.8, 4) is 0 Å². The van der Waals surface area contributed by atoms with Crippen molar-refractivity contribution in [2.45, 2.75) is 46.6 Å². The fraction of sp³-hybridized carbons (Fsp3) is 0.615. The van der Waals surface area contributed by atoms with Crippen molar-refractivity contribution < 1.29 is 4.79 Å². The molecule has 0 spiro atoms. The Bertz CT molecular complexity index is 399. The van der Waals surface area contributed by atoms with Gasteiger partial charge in [-0.3, -0.25) is 4.79 Å². The molecule has 0 unspecified atom stereocenters. The SMILES string of the molecule is Cc1cc(C(=O)CCCl)c(C)n1C(C)(C)C. The van der Waals surface area contributed by atoms with E-state index in [2.05, 4.69) is 25.3 Å². The summed E-state index contributed by atoms with van der Waals surface area (Å²) in [6, 6.07) is 1.97. The molecular formula is C13H20ClNO. The molecular weight excluding hydrogens is 222 g/mol. The fourth-order valence-electron chi connectivity index (χ4n) is 2.30. The summed E-state index contributed by atoms with van der Waals surface area (Å²) < 4.78 is 2.20. The maximum Gasteiger partial charge on any atom is 0.165 e. The van der Waals surface area contributed by atoms with Gasteiger partial charge in [-0.25, -0.2) is 0 Å². The molecule has 16 heavy (non-hydrogen) atoms. The van der Waals surface area contributed by atoms with Gasteiger partial charge in [-0.1, -0.05) is 0 Å². The van der Waals surface area contributed by atoms with Crippen molar-refractivity contribution in [2.24, 2.45) is 0 Å². The summed E-state index contributed by atoms with van der Waals surface area (Å²) >= 11 is 5.61. The zero-order chi connectivity index (χ0) is 12.5. The lowest BCUT2D eigenvalue weighted by molar-refractivity contribution is 0.0988. The molecule has 1 aromatic rings. The van der Waals surface area contributed by atoms with Crippen LogP contribution in [0.5, 0.6) is 0 Å². The van der Waals surface area contributed by atoms with Gasteiger partial charge in [0.25, 0.3) is 0 Å². The molecule has 0 aliphatic heterocycles. The second-order valence-electron chi connectivity index (χ2n) is 5.15. The molecule has 0 bridgehead atoms. The molecule has 0 saturated carbocycles. The van der Waals surface area contributed by atoms with E-state index in [1.54, 1.807) is 0 Å². The monoisotopic (exact) mass is 241 g/mol. The topological polar surface area (TPSA) is 22.0 Å². The molecule has 0 aliphatic carbocycles. The van der Waals surface area contributed by atoms with E-state index in [-0.39, 0.29) is 11.3 Å². The molecule has 0 amide bonds. The molecule has 90 valence electrons. The minimum Gasteiger partial charge on any atom is -0.343 e. The Morgan fingerprint density at radius 2 is 1.94 bits per heavy atom. The molecule has 1 heterocycles. The highest BCUT2D eigenvalue weighted by molar-refractivity contribution is 6.19. The lowest BCUT2D eigenvalue weighted by atomic mass is 10.1. The molecule has 3 heteroatoms. The Hall–Kier alpha value is -0.760. The number of rotatable bonds is 3. The van der Waals surface area contributed by atoms with Crippen molar-refractivity contribution in [3.05, 3.63) is 23.0 Å². The Morgan fingerprint density at radius 1 is 1.38 bits per heavy atom. The van der Waals surface area contributed by atoms with Crippen LogP contribution in [0, 0.1) is 13.8 Å². The normalized spacial score (nSPS) is 11.9. The first kappa shape index (κ1) is 13.3. The highest BCUT2D eigenvalue weighted by atomic mass is 35.5. The second kappa shape index (κ2) is 4.62. The lowest BCUT2D eigenvalue weighted by Crippen LogP contribution is -2.24. The molecule has 1 rings (SSSR count). The summed E-state index contributed by atoms with van der Waals surface area (Å²) in [6.45, 7) is 10.5. The molecule has 0 N–H and O–H groups in total. The van der Waals surface area contributed by atoms with E-state index < -0.39 is 0 Å². The number of alkyl halides is 1. The van der Waals surface area contributed by atoms with Gasteiger partial charge in [0.05, 0.1) is 0 Å². The average Bonchev–Trinajstić information content (AvgIpc) is 2.41. The van der Waals surface area contributed by atoms with Crippen molar-refractivity contribution in [1.82, 2.24) is 4.57 Å². The Balaban J connectivity index is 3.22. The van der Waals surface area contributed by atoms with Crippen molar-refractivity contribution in [1.29, 1.82) is 0 Å². The van der Waals surface area contributed by atoms with E-state index in [4.69, 9.17) is 11.6 Å². The number of aromatic nitrogens is 1. The first-order valence-corrected chi connectivity index (χ1v) is 6.11. The number of carbonyl (C=O) groups excluding carboxylic acids is 1. The summed E-state index contributed by atoms with van der Waals surface area (Å²) in [6.07, 6.45) is 0.413. The first-order chi connectivity index (χ1) is 7.29. The van der Waals surface area contributed by atoms with Crippen molar-refractivity contribution in [2.75, 3.05) is 5.88 Å². The number of carbonyl (C=O) groups is 1. The number of halogens is 1. The van der Waals surface area contributed by atoms with Gasteiger partial charge >= 0.3 is 0 Å². The predicted molar refractivity (Wildman–Crippen MR) is 68.6 cm³/mol. The fourth-order valence-corrected chi connectivity index (χ4v) is 2.47. The molecule has 2 nitrogen and oxygen atoms in total. The molecule has 0 atom stereocenters. The Morgan fingerprint density at radius 3 is 2.31 bits per heavy atom. The third-order valence-electron chi connectivity index (χ3n) is 2.72. The molecule has 0 aliphatic rings. The van der Waals surface area contributed by atoms with Crippen LogP contribution in [0.1, 0.15) is 48.9 Å². The lowest BCUT2D eigenvalue weighted by Gasteiger charge is -2.25. The van der Waals surface area contributed by atoms with Crippen LogP contribution in [0.25, 0.3) is 0 Å². The smallest absolute Gasteiger partial charge is 0.165 e. The summed E-state index contributed by atoms with van der Waals surface area (Å²) in [4.78, 5) is 11.9. The third-order valence-corrected chi connectivity index (χ3v) is 2.91. The zero-order valence-electron chi connectivity index (χ0n) is 10.7. The average molecular weight is 242 g/mol. The minimum atomic E-state index is 0.00760. The van der Waals surface area contributed by atoms with E-state index in [0.717, 1.165) is 17.0 Å². The van der Waals surface area contributed by atoms with Crippen LogP contribution in [0.15, 0.2) is 6.07 Å². The maximum atomic E-state index is 11.9. The van der Waals surface area contributed by atoms with Gasteiger partial charge in [0, 0.05) is 34.8 Å². The van der Waals surface area contributed by atoms with Crippen LogP contribution >= 0.6 is 11.6 Å². The zero-order valence-corrected chi connectivity index (χ0v) is 11.5. The highest BCUT2D eigenvalue weighted by Crippen LogP contribution is 2.25. The van der Waals surface area contributed by atoms with Crippen LogP contribution in [0.2, 0.25) is 0 Å². The highest BCUT2D eigenvalue weighted by Gasteiger charge is 2.22. The first-order valence-electron chi connectivity index (χ1n) is 5.57. The van der Waals surface area contributed by atoms with Crippen LogP contribution in [0.4, 0.5) is 0 Å². The van der Waals surface area contributed by atoms with Crippen LogP contribution < -0.4 is 0 Å². The summed E-state index contributed by atoms with van der Waals surface area (Å²) in [5.41, 5.74) is 2.99. The molecule has 1 aromatic heterocycles. The number of aryl methyl sites for hydroxylation is 1. The largest absolute Gasteiger partial charge is 0.343 e. The molecule has 0 radical (unpaired) electrons. The third kappa shape index (κ3) is 2.49. The van der Waals surface area contributed by atoms with E-state index in [1.807, 2.05) is 19.9 Å². The van der Waals surface area contributed by atoms with Gasteiger partial charge in [-0.2, -0.15) is 0 Å². The van der Waals surface area contributed by atoms with Crippen molar-refractivity contribution >= 4 is 17.4 Å². The maximum absolute atomic E-state index is 11.9.